The van der Waals surface area contributed by atoms with Crippen molar-refractivity contribution in [2.45, 2.75) is 24.7 Å². The number of anilines is 1. The molecule has 0 radical (unpaired) electrons. The third kappa shape index (κ3) is 6.18. The first-order valence-corrected chi connectivity index (χ1v) is 13.3. The highest BCUT2D eigenvalue weighted by molar-refractivity contribution is 7.89. The molecule has 0 atom stereocenters. The summed E-state index contributed by atoms with van der Waals surface area (Å²) in [5.41, 5.74) is 1.66. The second kappa shape index (κ2) is 11.9. The Morgan fingerprint density at radius 3 is 2.50 bits per heavy atom. The summed E-state index contributed by atoms with van der Waals surface area (Å²) in [4.78, 5) is 11.8. The van der Waals surface area contributed by atoms with Gasteiger partial charge in [0.05, 0.1) is 24.7 Å². The molecule has 38 heavy (non-hydrogen) atoms. The Morgan fingerprint density at radius 1 is 1.00 bits per heavy atom. The van der Waals surface area contributed by atoms with Gasteiger partial charge in [0.1, 0.15) is 18.1 Å². The minimum atomic E-state index is -3.77. The van der Waals surface area contributed by atoms with Crippen LogP contribution >= 0.6 is 0 Å². The fraction of sp³-hybridized carbons (Fsp3) is 0.280. The first-order valence-electron chi connectivity index (χ1n) is 11.8. The number of aromatic nitrogens is 4. The normalized spacial score (nSPS) is 11.3. The summed E-state index contributed by atoms with van der Waals surface area (Å²) < 4.78 is 45.7. The third-order valence-corrected chi connectivity index (χ3v) is 6.93. The number of benzene rings is 2. The van der Waals surface area contributed by atoms with Gasteiger partial charge in [-0.15, -0.1) is 15.3 Å². The second-order valence-electron chi connectivity index (χ2n) is 8.10. The average Bonchev–Trinajstić information content (AvgIpc) is 3.34. The Hall–Kier alpha value is -4.23. The number of hydrogen-bond acceptors (Lipinski definition) is 9. The summed E-state index contributed by atoms with van der Waals surface area (Å²) >= 11 is 0. The number of methoxy groups -OCH3 is 2. The zero-order valence-electron chi connectivity index (χ0n) is 21.2. The van der Waals surface area contributed by atoms with Gasteiger partial charge < -0.3 is 19.5 Å². The maximum absolute atomic E-state index is 12.6. The number of nitrogens with zero attached hydrogens (tertiary/aromatic N) is 4. The van der Waals surface area contributed by atoms with Crippen LogP contribution in [0.4, 0.5) is 5.69 Å². The minimum absolute atomic E-state index is 0.00970. The lowest BCUT2D eigenvalue weighted by Gasteiger charge is -2.10. The van der Waals surface area contributed by atoms with Crippen LogP contribution in [0.2, 0.25) is 0 Å². The van der Waals surface area contributed by atoms with Crippen LogP contribution in [0.25, 0.3) is 17.0 Å². The van der Waals surface area contributed by atoms with Gasteiger partial charge in [0.2, 0.25) is 21.8 Å². The fourth-order valence-corrected chi connectivity index (χ4v) is 4.60. The van der Waals surface area contributed by atoms with E-state index in [1.54, 1.807) is 56.7 Å². The van der Waals surface area contributed by atoms with Crippen molar-refractivity contribution in [3.63, 3.8) is 0 Å². The number of amides is 1. The molecule has 2 heterocycles. The molecule has 0 aliphatic carbocycles. The van der Waals surface area contributed by atoms with Gasteiger partial charge in [0, 0.05) is 24.7 Å². The maximum Gasteiger partial charge on any atom is 0.240 e. The summed E-state index contributed by atoms with van der Waals surface area (Å²) in [6.07, 6.45) is 1.13. The zero-order valence-corrected chi connectivity index (χ0v) is 22.0. The maximum atomic E-state index is 12.6. The number of fused-ring (bicyclic) bond motifs is 1. The molecule has 0 bridgehead atoms. The molecular formula is C25H28N6O6S. The molecule has 200 valence electrons. The number of nitrogens with one attached hydrogen (secondary N) is 2. The van der Waals surface area contributed by atoms with Gasteiger partial charge in [-0.3, -0.25) is 4.79 Å². The van der Waals surface area contributed by atoms with E-state index in [1.165, 1.54) is 16.6 Å². The topological polar surface area (TPSA) is 146 Å². The minimum Gasteiger partial charge on any atom is -0.497 e. The van der Waals surface area contributed by atoms with Crippen LogP contribution in [-0.2, 0) is 14.8 Å². The standard InChI is InChI=1S/C25H28N6O6S/c1-4-5-23(32)27-17-6-9-19(10-7-17)38(33,34)26-14-15-37-24-13-12-22-28-29-25(31(22)30-24)20-16-18(35-2)8-11-21(20)36-3/h6-13,16,26H,4-5,14-15H2,1-3H3,(H,27,32). The summed E-state index contributed by atoms with van der Waals surface area (Å²) in [5, 5.41) is 15.5. The molecule has 1 amide bonds. The molecule has 12 nitrogen and oxygen atoms in total. The highest BCUT2D eigenvalue weighted by Crippen LogP contribution is 2.32. The van der Waals surface area contributed by atoms with Crippen LogP contribution in [0, 0.1) is 0 Å². The van der Waals surface area contributed by atoms with Crippen LogP contribution in [0.1, 0.15) is 19.8 Å². The first kappa shape index (κ1) is 26.8. The van der Waals surface area contributed by atoms with Crippen molar-refractivity contribution in [3.8, 4) is 28.8 Å². The van der Waals surface area contributed by atoms with Crippen LogP contribution in [-0.4, -0.2) is 61.5 Å². The van der Waals surface area contributed by atoms with Crippen LogP contribution in [0.3, 0.4) is 0 Å². The largest absolute Gasteiger partial charge is 0.497 e. The number of ether oxygens (including phenoxy) is 3. The number of carbonyl (C=O) groups excluding carboxylic acids is 1. The second-order valence-corrected chi connectivity index (χ2v) is 9.87. The van der Waals surface area contributed by atoms with Crippen molar-refractivity contribution < 1.29 is 27.4 Å². The lowest BCUT2D eigenvalue weighted by molar-refractivity contribution is -0.116. The van der Waals surface area contributed by atoms with E-state index in [9.17, 15) is 13.2 Å². The van der Waals surface area contributed by atoms with Gasteiger partial charge in [-0.25, -0.2) is 13.1 Å². The molecule has 4 rings (SSSR count). The Morgan fingerprint density at radius 2 is 1.79 bits per heavy atom. The zero-order chi connectivity index (χ0) is 27.1. The highest BCUT2D eigenvalue weighted by Gasteiger charge is 2.17. The Bertz CT molecular complexity index is 1520. The van der Waals surface area contributed by atoms with Crippen molar-refractivity contribution in [2.75, 3.05) is 32.7 Å². The molecular weight excluding hydrogens is 512 g/mol. The summed E-state index contributed by atoms with van der Waals surface area (Å²) in [6, 6.07) is 14.6. The van der Waals surface area contributed by atoms with Crippen LogP contribution in [0.15, 0.2) is 59.5 Å². The van der Waals surface area contributed by atoms with Gasteiger partial charge in [-0.05, 0) is 55.0 Å². The lowest BCUT2D eigenvalue weighted by Crippen LogP contribution is -2.28. The fourth-order valence-electron chi connectivity index (χ4n) is 3.59. The van der Waals surface area contributed by atoms with Gasteiger partial charge in [-0.1, -0.05) is 6.92 Å². The van der Waals surface area contributed by atoms with Gasteiger partial charge in [0.15, 0.2) is 11.5 Å². The number of rotatable bonds is 12. The van der Waals surface area contributed by atoms with Crippen molar-refractivity contribution in [1.82, 2.24) is 24.5 Å². The smallest absolute Gasteiger partial charge is 0.240 e. The molecule has 0 aliphatic heterocycles. The van der Waals surface area contributed by atoms with Crippen molar-refractivity contribution in [3.05, 3.63) is 54.6 Å². The van der Waals surface area contributed by atoms with Crippen LogP contribution in [0.5, 0.6) is 17.4 Å². The molecule has 0 unspecified atom stereocenters. The van der Waals surface area contributed by atoms with Crippen LogP contribution < -0.4 is 24.2 Å². The van der Waals surface area contributed by atoms with E-state index >= 15 is 0 Å². The van der Waals surface area contributed by atoms with E-state index in [0.29, 0.717) is 40.6 Å². The Kier molecular flexibility index (Phi) is 8.38. The lowest BCUT2D eigenvalue weighted by atomic mass is 10.2. The van der Waals surface area contributed by atoms with E-state index in [2.05, 4.69) is 25.3 Å². The first-order chi connectivity index (χ1) is 18.3. The molecule has 0 aliphatic rings. The monoisotopic (exact) mass is 540 g/mol. The average molecular weight is 541 g/mol. The number of sulfonamides is 1. The molecule has 13 heteroatoms. The number of hydrogen-bond donors (Lipinski definition) is 2. The third-order valence-electron chi connectivity index (χ3n) is 5.46. The summed E-state index contributed by atoms with van der Waals surface area (Å²) in [7, 11) is -0.650. The molecule has 0 saturated heterocycles. The van der Waals surface area contributed by atoms with E-state index in [1.807, 2.05) is 6.92 Å². The van der Waals surface area contributed by atoms with Crippen molar-refractivity contribution in [1.29, 1.82) is 0 Å². The van der Waals surface area contributed by atoms with E-state index in [4.69, 9.17) is 14.2 Å². The highest BCUT2D eigenvalue weighted by atomic mass is 32.2. The molecule has 0 fully saturated rings. The molecule has 0 saturated carbocycles. The van der Waals surface area contributed by atoms with Gasteiger partial charge in [0.25, 0.3) is 0 Å². The van der Waals surface area contributed by atoms with Crippen molar-refractivity contribution >= 4 is 27.3 Å². The molecule has 2 aromatic carbocycles. The molecule has 2 aromatic heterocycles. The SMILES string of the molecule is CCCC(=O)Nc1ccc(S(=O)(=O)NCCOc2ccc3nnc(-c4cc(OC)ccc4OC)n3n2)cc1. The predicted molar refractivity (Wildman–Crippen MR) is 140 cm³/mol. The summed E-state index contributed by atoms with van der Waals surface area (Å²) in [6.45, 7) is 1.95. The van der Waals surface area contributed by atoms with E-state index in [0.717, 1.165) is 6.42 Å². The Balaban J connectivity index is 1.40. The molecule has 4 aromatic rings. The molecule has 0 spiro atoms. The predicted octanol–water partition coefficient (Wildman–Crippen LogP) is 2.90. The van der Waals surface area contributed by atoms with E-state index in [-0.39, 0.29) is 29.8 Å². The van der Waals surface area contributed by atoms with Crippen molar-refractivity contribution in [2.24, 2.45) is 0 Å². The van der Waals surface area contributed by atoms with Gasteiger partial charge in [-0.2, -0.15) is 4.52 Å². The Labute approximate surface area is 220 Å². The number of carbonyl (C=O) groups is 1. The molecule has 2 N–H and O–H groups in total. The van der Waals surface area contributed by atoms with E-state index < -0.39 is 10.0 Å². The quantitative estimate of drug-likeness (QED) is 0.259. The summed E-state index contributed by atoms with van der Waals surface area (Å²) in [5.74, 6) is 1.75. The van der Waals surface area contributed by atoms with Gasteiger partial charge >= 0.3 is 0 Å².